The highest BCUT2D eigenvalue weighted by atomic mass is 35.5. The first-order chi connectivity index (χ1) is 9.62. The third-order valence-electron chi connectivity index (χ3n) is 3.07. The minimum absolute atomic E-state index is 0.0829. The van der Waals surface area contributed by atoms with Gasteiger partial charge in [-0.25, -0.2) is 4.98 Å². The number of aromatic nitrogens is 1. The summed E-state index contributed by atoms with van der Waals surface area (Å²) in [5.74, 6) is 0. The van der Waals surface area contributed by atoms with E-state index in [2.05, 4.69) is 4.98 Å². The van der Waals surface area contributed by atoms with Gasteiger partial charge < -0.3 is 5.11 Å². The van der Waals surface area contributed by atoms with E-state index in [9.17, 15) is 18.3 Å². The summed E-state index contributed by atoms with van der Waals surface area (Å²) in [4.78, 5) is 3.31. The van der Waals surface area contributed by atoms with Crippen LogP contribution in [0.5, 0.6) is 0 Å². The Hall–Kier alpha value is -1.30. The van der Waals surface area contributed by atoms with Crippen LogP contribution in [0.4, 0.5) is 13.2 Å². The number of hydrogen-bond donors (Lipinski definition) is 1. The Morgan fingerprint density at radius 1 is 1.00 bits per heavy atom. The van der Waals surface area contributed by atoms with E-state index in [0.717, 1.165) is 12.1 Å². The van der Waals surface area contributed by atoms with E-state index in [1.807, 2.05) is 0 Å². The molecule has 0 spiro atoms. The maximum atomic E-state index is 12.6. The number of aliphatic hydroxyl groups is 1. The molecule has 1 heterocycles. The number of alkyl halides is 3. The van der Waals surface area contributed by atoms with E-state index in [1.54, 1.807) is 24.3 Å². The van der Waals surface area contributed by atoms with Crippen LogP contribution in [0.15, 0.2) is 36.4 Å². The van der Waals surface area contributed by atoms with Crippen molar-refractivity contribution in [3.63, 3.8) is 0 Å². The zero-order valence-corrected chi connectivity index (χ0v) is 12.3. The molecular formula is C14H10Cl2F3NO. The van der Waals surface area contributed by atoms with Gasteiger partial charge in [0.1, 0.15) is 16.4 Å². The number of pyridine rings is 1. The van der Waals surface area contributed by atoms with E-state index in [-0.39, 0.29) is 5.56 Å². The molecule has 0 aliphatic carbocycles. The zero-order chi connectivity index (χ0) is 15.8. The van der Waals surface area contributed by atoms with Crippen molar-refractivity contribution in [3.8, 4) is 0 Å². The average Bonchev–Trinajstić information content (AvgIpc) is 2.37. The topological polar surface area (TPSA) is 33.1 Å². The number of halogens is 5. The number of hydrogen-bond acceptors (Lipinski definition) is 2. The van der Waals surface area contributed by atoms with Gasteiger partial charge in [-0.15, -0.1) is 0 Å². The summed E-state index contributed by atoms with van der Waals surface area (Å²) in [6.07, 6.45) is -4.59. The van der Waals surface area contributed by atoms with Gasteiger partial charge in [0, 0.05) is 10.6 Å². The van der Waals surface area contributed by atoms with Gasteiger partial charge in [0.2, 0.25) is 0 Å². The van der Waals surface area contributed by atoms with Gasteiger partial charge in [-0.2, -0.15) is 13.2 Å². The fraction of sp³-hybridized carbons (Fsp3) is 0.214. The highest BCUT2D eigenvalue weighted by molar-refractivity contribution is 6.30. The van der Waals surface area contributed by atoms with Crippen molar-refractivity contribution in [2.45, 2.75) is 18.7 Å². The van der Waals surface area contributed by atoms with E-state index in [0.29, 0.717) is 10.6 Å². The lowest BCUT2D eigenvalue weighted by Gasteiger charge is -2.25. The second-order valence-electron chi connectivity index (χ2n) is 4.61. The zero-order valence-electron chi connectivity index (χ0n) is 10.7. The van der Waals surface area contributed by atoms with Gasteiger partial charge in [-0.05, 0) is 30.7 Å². The minimum atomic E-state index is -4.59. The van der Waals surface area contributed by atoms with Crippen LogP contribution >= 0.6 is 23.2 Å². The monoisotopic (exact) mass is 335 g/mol. The molecule has 2 rings (SSSR count). The predicted molar refractivity (Wildman–Crippen MR) is 74.4 cm³/mol. The first-order valence-electron chi connectivity index (χ1n) is 5.85. The van der Waals surface area contributed by atoms with Gasteiger partial charge in [-0.3, -0.25) is 0 Å². The first-order valence-corrected chi connectivity index (χ1v) is 6.60. The van der Waals surface area contributed by atoms with Crippen LogP contribution in [0.25, 0.3) is 0 Å². The Morgan fingerprint density at radius 2 is 1.57 bits per heavy atom. The molecule has 0 saturated heterocycles. The molecule has 21 heavy (non-hydrogen) atoms. The van der Waals surface area contributed by atoms with Crippen LogP contribution < -0.4 is 0 Å². The standard InChI is InChI=1S/C14H10Cl2F3NO/c1-13(21,8-2-4-9(15)5-3-8)10-6-7-11(14(17,18)19)20-12(10)16/h2-7,21H,1H3. The highest BCUT2D eigenvalue weighted by Gasteiger charge is 2.35. The molecule has 2 nitrogen and oxygen atoms in total. The van der Waals surface area contributed by atoms with Gasteiger partial charge >= 0.3 is 6.18 Å². The largest absolute Gasteiger partial charge is 0.433 e. The molecule has 0 bridgehead atoms. The Labute approximate surface area is 129 Å². The fourth-order valence-electron chi connectivity index (χ4n) is 1.89. The van der Waals surface area contributed by atoms with E-state index in [4.69, 9.17) is 23.2 Å². The summed E-state index contributed by atoms with van der Waals surface area (Å²) in [7, 11) is 0. The maximum Gasteiger partial charge on any atom is 0.433 e. The second kappa shape index (κ2) is 5.48. The maximum absolute atomic E-state index is 12.6. The van der Waals surface area contributed by atoms with Crippen LogP contribution in [0.2, 0.25) is 10.2 Å². The number of nitrogens with zero attached hydrogens (tertiary/aromatic N) is 1. The van der Waals surface area contributed by atoms with E-state index < -0.39 is 22.6 Å². The van der Waals surface area contributed by atoms with Gasteiger partial charge in [0.15, 0.2) is 0 Å². The van der Waals surface area contributed by atoms with Crippen molar-refractivity contribution in [3.05, 3.63) is 63.4 Å². The molecule has 0 radical (unpaired) electrons. The van der Waals surface area contributed by atoms with Crippen molar-refractivity contribution < 1.29 is 18.3 Å². The third kappa shape index (κ3) is 3.31. The molecule has 1 unspecified atom stereocenters. The summed E-state index contributed by atoms with van der Waals surface area (Å²) in [6.45, 7) is 1.42. The Kier molecular flexibility index (Phi) is 4.19. The molecule has 0 aliphatic heterocycles. The molecule has 2 aromatic rings. The fourth-order valence-corrected chi connectivity index (χ4v) is 2.35. The molecule has 0 aliphatic rings. The molecule has 0 fully saturated rings. The molecule has 112 valence electrons. The Morgan fingerprint density at radius 3 is 2.05 bits per heavy atom. The lowest BCUT2D eigenvalue weighted by Crippen LogP contribution is -2.24. The Bertz CT molecular complexity index is 654. The van der Waals surface area contributed by atoms with E-state index >= 15 is 0 Å². The van der Waals surface area contributed by atoms with Crippen LogP contribution in [-0.4, -0.2) is 10.1 Å². The molecule has 0 amide bonds. The van der Waals surface area contributed by atoms with Gasteiger partial charge in [0.05, 0.1) is 0 Å². The summed E-state index contributed by atoms with van der Waals surface area (Å²) >= 11 is 11.6. The summed E-state index contributed by atoms with van der Waals surface area (Å²) in [5, 5.41) is 10.7. The van der Waals surface area contributed by atoms with Gasteiger partial charge in [-0.1, -0.05) is 41.4 Å². The lowest BCUT2D eigenvalue weighted by atomic mass is 9.89. The molecule has 1 N–H and O–H groups in total. The minimum Gasteiger partial charge on any atom is -0.381 e. The summed E-state index contributed by atoms with van der Waals surface area (Å²) in [5.41, 5.74) is -2.17. The van der Waals surface area contributed by atoms with Crippen molar-refractivity contribution >= 4 is 23.2 Å². The molecule has 7 heteroatoms. The smallest absolute Gasteiger partial charge is 0.381 e. The van der Waals surface area contributed by atoms with Crippen LogP contribution in [0.1, 0.15) is 23.7 Å². The van der Waals surface area contributed by atoms with Crippen molar-refractivity contribution in [1.29, 1.82) is 0 Å². The molecular weight excluding hydrogens is 326 g/mol. The summed E-state index contributed by atoms with van der Waals surface area (Å²) in [6, 6.07) is 8.17. The quantitative estimate of drug-likeness (QED) is 0.809. The second-order valence-corrected chi connectivity index (χ2v) is 5.41. The van der Waals surface area contributed by atoms with Gasteiger partial charge in [0.25, 0.3) is 0 Å². The third-order valence-corrected chi connectivity index (χ3v) is 3.61. The normalized spacial score (nSPS) is 14.8. The van der Waals surface area contributed by atoms with E-state index in [1.165, 1.54) is 6.92 Å². The van der Waals surface area contributed by atoms with Crippen LogP contribution in [0.3, 0.4) is 0 Å². The molecule has 0 saturated carbocycles. The van der Waals surface area contributed by atoms with Crippen molar-refractivity contribution in [2.75, 3.05) is 0 Å². The van der Waals surface area contributed by atoms with Crippen molar-refractivity contribution in [2.24, 2.45) is 0 Å². The van der Waals surface area contributed by atoms with Crippen LogP contribution in [-0.2, 0) is 11.8 Å². The molecule has 1 aromatic carbocycles. The molecule has 1 atom stereocenters. The Balaban J connectivity index is 2.47. The van der Waals surface area contributed by atoms with Crippen LogP contribution in [0, 0.1) is 0 Å². The number of rotatable bonds is 2. The first kappa shape index (κ1) is 16.1. The SMILES string of the molecule is CC(O)(c1ccc(Cl)cc1)c1ccc(C(F)(F)F)nc1Cl. The average molecular weight is 336 g/mol. The predicted octanol–water partition coefficient (Wildman–Crippen LogP) is 4.66. The lowest BCUT2D eigenvalue weighted by molar-refractivity contribution is -0.141. The molecule has 1 aromatic heterocycles. The summed E-state index contributed by atoms with van der Waals surface area (Å²) < 4.78 is 37.7. The number of benzene rings is 1. The van der Waals surface area contributed by atoms with Crippen molar-refractivity contribution in [1.82, 2.24) is 4.98 Å². The highest BCUT2D eigenvalue weighted by Crippen LogP contribution is 2.36.